The normalized spacial score (nSPS) is 13.4. The Hall–Kier alpha value is -1.79. The van der Waals surface area contributed by atoms with E-state index in [2.05, 4.69) is 10.1 Å². The number of aliphatic carboxylic acids is 1. The zero-order valence-electron chi connectivity index (χ0n) is 13.4. The number of hydrogen-bond donors (Lipinski definition) is 2. The van der Waals surface area contributed by atoms with Gasteiger partial charge in [0.25, 0.3) is 0 Å². The number of carboxylic acid groups (broad SMARTS) is 1. The smallest absolute Gasteiger partial charge is 0.328 e. The first-order valence-corrected chi connectivity index (χ1v) is 7.08. The summed E-state index contributed by atoms with van der Waals surface area (Å²) in [7, 11) is 1.27. The highest BCUT2D eigenvalue weighted by Gasteiger charge is 2.26. The summed E-state index contributed by atoms with van der Waals surface area (Å²) in [6, 6.07) is -1.18. The number of rotatable bonds is 8. The fraction of sp³-hybridized carbons (Fsp3) is 0.786. The van der Waals surface area contributed by atoms with Crippen molar-refractivity contribution >= 4 is 18.0 Å². The minimum atomic E-state index is -0.965. The van der Waals surface area contributed by atoms with Gasteiger partial charge in [0.15, 0.2) is 0 Å². The molecule has 0 aromatic rings. The average molecular weight is 302 g/mol. The van der Waals surface area contributed by atoms with Crippen LogP contribution >= 0.6 is 0 Å². The number of carbonyl (C=O) groups is 3. The Morgan fingerprint density at radius 1 is 1.24 bits per heavy atom. The van der Waals surface area contributed by atoms with Crippen LogP contribution in [0.1, 0.15) is 34.1 Å². The summed E-state index contributed by atoms with van der Waals surface area (Å²) in [4.78, 5) is 36.1. The largest absolute Gasteiger partial charge is 0.481 e. The summed E-state index contributed by atoms with van der Waals surface area (Å²) in [6.07, 6.45) is 0.463. The molecule has 0 saturated heterocycles. The minimum absolute atomic E-state index is 0.0905. The van der Waals surface area contributed by atoms with Gasteiger partial charge in [-0.05, 0) is 19.3 Å². The Balaban J connectivity index is 4.77. The van der Waals surface area contributed by atoms with E-state index in [0.717, 1.165) is 0 Å². The number of carbonyl (C=O) groups excluding carboxylic acids is 2. The first-order chi connectivity index (χ1) is 9.72. The van der Waals surface area contributed by atoms with E-state index >= 15 is 0 Å². The van der Waals surface area contributed by atoms with E-state index in [-0.39, 0.29) is 12.5 Å². The van der Waals surface area contributed by atoms with Crippen LogP contribution in [0, 0.1) is 11.8 Å². The zero-order chi connectivity index (χ0) is 16.6. The van der Waals surface area contributed by atoms with Crippen molar-refractivity contribution in [3.05, 3.63) is 0 Å². The molecule has 0 saturated carbocycles. The summed E-state index contributed by atoms with van der Waals surface area (Å²) < 4.78 is 4.68. The highest BCUT2D eigenvalue weighted by atomic mass is 16.5. The lowest BCUT2D eigenvalue weighted by Gasteiger charge is -2.26. The molecule has 0 aromatic carbocycles. The lowest BCUT2D eigenvalue weighted by molar-refractivity contribution is -0.144. The highest BCUT2D eigenvalue weighted by Crippen LogP contribution is 2.08. The van der Waals surface area contributed by atoms with Crippen LogP contribution in [0.2, 0.25) is 0 Å². The third-order valence-electron chi connectivity index (χ3n) is 3.08. The second-order valence-electron chi connectivity index (χ2n) is 5.43. The molecule has 0 heterocycles. The van der Waals surface area contributed by atoms with Crippen molar-refractivity contribution in [3.8, 4) is 0 Å². The quantitative estimate of drug-likeness (QED) is 0.659. The van der Waals surface area contributed by atoms with Gasteiger partial charge >= 0.3 is 18.0 Å². The maximum absolute atomic E-state index is 12.2. The summed E-state index contributed by atoms with van der Waals surface area (Å²) in [6.45, 7) is 7.61. The lowest BCUT2D eigenvalue weighted by Crippen LogP contribution is -2.50. The van der Waals surface area contributed by atoms with Crippen LogP contribution in [0.5, 0.6) is 0 Å². The van der Waals surface area contributed by atoms with Crippen LogP contribution < -0.4 is 5.32 Å². The fourth-order valence-electron chi connectivity index (χ4n) is 1.83. The van der Waals surface area contributed by atoms with Crippen LogP contribution in [0.25, 0.3) is 0 Å². The van der Waals surface area contributed by atoms with E-state index in [0.29, 0.717) is 13.0 Å². The highest BCUT2D eigenvalue weighted by molar-refractivity contribution is 5.83. The Kier molecular flexibility index (Phi) is 8.42. The molecular formula is C14H26N2O5. The molecule has 0 spiro atoms. The van der Waals surface area contributed by atoms with Crippen molar-refractivity contribution in [3.63, 3.8) is 0 Å². The SMILES string of the molecule is CCN(CC(C)C(=O)O)C(=O)NC(CC(C)C)C(=O)OC. The Bertz CT molecular complexity index is 370. The molecule has 0 aromatic heterocycles. The summed E-state index contributed by atoms with van der Waals surface area (Å²) >= 11 is 0. The van der Waals surface area contributed by atoms with E-state index in [1.54, 1.807) is 6.92 Å². The lowest BCUT2D eigenvalue weighted by atomic mass is 10.0. The molecule has 122 valence electrons. The van der Waals surface area contributed by atoms with E-state index in [9.17, 15) is 14.4 Å². The third kappa shape index (κ3) is 6.97. The van der Waals surface area contributed by atoms with Gasteiger partial charge in [-0.2, -0.15) is 0 Å². The van der Waals surface area contributed by atoms with E-state index in [4.69, 9.17) is 5.11 Å². The maximum Gasteiger partial charge on any atom is 0.328 e. The van der Waals surface area contributed by atoms with Gasteiger partial charge < -0.3 is 20.1 Å². The van der Waals surface area contributed by atoms with Gasteiger partial charge in [0, 0.05) is 13.1 Å². The summed E-state index contributed by atoms with van der Waals surface area (Å²) in [5, 5.41) is 11.5. The van der Waals surface area contributed by atoms with Crippen molar-refractivity contribution in [2.24, 2.45) is 11.8 Å². The van der Waals surface area contributed by atoms with Crippen molar-refractivity contribution in [2.75, 3.05) is 20.2 Å². The predicted octanol–water partition coefficient (Wildman–Crippen LogP) is 1.33. The van der Waals surface area contributed by atoms with Crippen molar-refractivity contribution in [1.82, 2.24) is 10.2 Å². The fourth-order valence-corrected chi connectivity index (χ4v) is 1.83. The molecule has 2 unspecified atom stereocenters. The number of amides is 2. The van der Waals surface area contributed by atoms with Gasteiger partial charge in [-0.3, -0.25) is 4.79 Å². The van der Waals surface area contributed by atoms with Gasteiger partial charge in [-0.15, -0.1) is 0 Å². The molecule has 2 atom stereocenters. The van der Waals surface area contributed by atoms with Crippen molar-refractivity contribution in [1.29, 1.82) is 0 Å². The third-order valence-corrected chi connectivity index (χ3v) is 3.08. The Labute approximate surface area is 125 Å². The van der Waals surface area contributed by atoms with Gasteiger partial charge in [0.05, 0.1) is 13.0 Å². The molecule has 0 fully saturated rings. The number of nitrogens with zero attached hydrogens (tertiary/aromatic N) is 1. The second-order valence-corrected chi connectivity index (χ2v) is 5.43. The minimum Gasteiger partial charge on any atom is -0.481 e. The maximum atomic E-state index is 12.2. The Morgan fingerprint density at radius 3 is 2.19 bits per heavy atom. The molecule has 0 radical (unpaired) electrons. The van der Waals surface area contributed by atoms with E-state index in [1.165, 1.54) is 18.9 Å². The standard InChI is InChI=1S/C14H26N2O5/c1-6-16(8-10(4)12(17)18)14(20)15-11(7-9(2)3)13(19)21-5/h9-11H,6-8H2,1-5H3,(H,15,20)(H,17,18). The van der Waals surface area contributed by atoms with Gasteiger partial charge in [-0.1, -0.05) is 20.8 Å². The molecule has 0 aliphatic heterocycles. The summed E-state index contributed by atoms with van der Waals surface area (Å²) in [5.41, 5.74) is 0. The predicted molar refractivity (Wildman–Crippen MR) is 77.8 cm³/mol. The molecule has 0 rings (SSSR count). The molecule has 0 aliphatic rings. The number of esters is 1. The topological polar surface area (TPSA) is 95.9 Å². The number of urea groups is 1. The molecule has 0 bridgehead atoms. The van der Waals surface area contributed by atoms with Crippen LogP contribution in [0.3, 0.4) is 0 Å². The van der Waals surface area contributed by atoms with E-state index in [1.807, 2.05) is 13.8 Å². The molecule has 7 nitrogen and oxygen atoms in total. The van der Waals surface area contributed by atoms with Crippen LogP contribution in [-0.2, 0) is 14.3 Å². The van der Waals surface area contributed by atoms with E-state index < -0.39 is 29.9 Å². The Morgan fingerprint density at radius 2 is 1.81 bits per heavy atom. The summed E-state index contributed by atoms with van der Waals surface area (Å²) in [5.74, 6) is -1.92. The number of hydrogen-bond acceptors (Lipinski definition) is 4. The van der Waals surface area contributed by atoms with Crippen LogP contribution in [-0.4, -0.2) is 54.2 Å². The zero-order valence-corrected chi connectivity index (χ0v) is 13.4. The monoisotopic (exact) mass is 302 g/mol. The molecular weight excluding hydrogens is 276 g/mol. The molecule has 21 heavy (non-hydrogen) atoms. The molecule has 2 amide bonds. The van der Waals surface area contributed by atoms with Crippen molar-refractivity contribution in [2.45, 2.75) is 40.2 Å². The first kappa shape index (κ1) is 19.2. The first-order valence-electron chi connectivity index (χ1n) is 7.08. The number of carboxylic acids is 1. The van der Waals surface area contributed by atoms with Crippen LogP contribution in [0.4, 0.5) is 4.79 Å². The van der Waals surface area contributed by atoms with Crippen molar-refractivity contribution < 1.29 is 24.2 Å². The molecule has 7 heteroatoms. The van der Waals surface area contributed by atoms with Crippen LogP contribution in [0.15, 0.2) is 0 Å². The average Bonchev–Trinajstić information content (AvgIpc) is 2.41. The second kappa shape index (κ2) is 9.20. The van der Waals surface area contributed by atoms with Gasteiger partial charge in [-0.25, -0.2) is 9.59 Å². The van der Waals surface area contributed by atoms with Gasteiger partial charge in [0.1, 0.15) is 6.04 Å². The molecule has 2 N–H and O–H groups in total. The molecule has 0 aliphatic carbocycles. The number of ether oxygens (including phenoxy) is 1. The number of methoxy groups -OCH3 is 1. The van der Waals surface area contributed by atoms with Gasteiger partial charge in [0.2, 0.25) is 0 Å². The number of nitrogens with one attached hydrogen (secondary N) is 1.